The Morgan fingerprint density at radius 3 is 2.81 bits per heavy atom. The third-order valence-electron chi connectivity index (χ3n) is 4.39. The highest BCUT2D eigenvalue weighted by molar-refractivity contribution is 5.94. The van der Waals surface area contributed by atoms with E-state index in [0.717, 1.165) is 0 Å². The average Bonchev–Trinajstić information content (AvgIpc) is 3.20. The molecule has 1 saturated heterocycles. The van der Waals surface area contributed by atoms with Crippen LogP contribution in [-0.4, -0.2) is 44.0 Å². The first kappa shape index (κ1) is 16.3. The molecule has 0 aromatic carbocycles. The first-order chi connectivity index (χ1) is 12.7. The number of alkyl halides is 1. The van der Waals surface area contributed by atoms with Crippen molar-refractivity contribution in [2.45, 2.75) is 18.5 Å². The van der Waals surface area contributed by atoms with E-state index in [0.29, 0.717) is 29.9 Å². The second-order valence-corrected chi connectivity index (χ2v) is 6.20. The molecule has 1 amide bonds. The van der Waals surface area contributed by atoms with Crippen LogP contribution in [0.5, 0.6) is 0 Å². The van der Waals surface area contributed by atoms with Crippen molar-refractivity contribution in [3.8, 4) is 11.4 Å². The van der Waals surface area contributed by atoms with Crippen molar-refractivity contribution in [3.05, 3.63) is 60.5 Å². The number of pyridine rings is 2. The summed E-state index contributed by atoms with van der Waals surface area (Å²) in [6, 6.07) is 6.79. The SMILES string of the molecule is O=C(c1cccnc1)N1CCCC(F)(c2nc(-c3ccncc3)no2)C1. The number of hydrogen-bond donors (Lipinski definition) is 0. The highest BCUT2D eigenvalue weighted by atomic mass is 19.1. The summed E-state index contributed by atoms with van der Waals surface area (Å²) in [5.41, 5.74) is -0.744. The molecule has 0 spiro atoms. The van der Waals surface area contributed by atoms with Gasteiger partial charge in [-0.2, -0.15) is 4.98 Å². The lowest BCUT2D eigenvalue weighted by atomic mass is 9.94. The Bertz CT molecular complexity index is 902. The highest BCUT2D eigenvalue weighted by Gasteiger charge is 2.44. The lowest BCUT2D eigenvalue weighted by Gasteiger charge is -2.35. The van der Waals surface area contributed by atoms with Crippen LogP contribution in [0.25, 0.3) is 11.4 Å². The fourth-order valence-electron chi connectivity index (χ4n) is 3.05. The number of carbonyl (C=O) groups is 1. The molecule has 4 rings (SSSR count). The monoisotopic (exact) mass is 353 g/mol. The Balaban J connectivity index is 1.56. The maximum atomic E-state index is 15.5. The van der Waals surface area contributed by atoms with E-state index in [-0.39, 0.29) is 24.8 Å². The van der Waals surface area contributed by atoms with Crippen molar-refractivity contribution in [2.24, 2.45) is 0 Å². The van der Waals surface area contributed by atoms with Gasteiger partial charge in [-0.1, -0.05) is 5.16 Å². The molecular weight excluding hydrogens is 337 g/mol. The lowest BCUT2D eigenvalue weighted by Crippen LogP contribution is -2.46. The lowest BCUT2D eigenvalue weighted by molar-refractivity contribution is 0.0152. The molecule has 1 unspecified atom stereocenters. The number of piperidine rings is 1. The minimum absolute atomic E-state index is 0.104. The summed E-state index contributed by atoms with van der Waals surface area (Å²) in [5.74, 6) is -0.0585. The van der Waals surface area contributed by atoms with Crippen molar-refractivity contribution in [1.29, 1.82) is 0 Å². The van der Waals surface area contributed by atoms with Gasteiger partial charge in [0.1, 0.15) is 0 Å². The first-order valence-corrected chi connectivity index (χ1v) is 8.28. The van der Waals surface area contributed by atoms with Crippen LogP contribution in [0.1, 0.15) is 29.1 Å². The summed E-state index contributed by atoms with van der Waals surface area (Å²) >= 11 is 0. The van der Waals surface area contributed by atoms with Gasteiger partial charge in [-0.3, -0.25) is 14.8 Å². The summed E-state index contributed by atoms with van der Waals surface area (Å²) in [4.78, 5) is 26.1. The molecule has 1 fully saturated rings. The Labute approximate surface area is 148 Å². The molecule has 0 N–H and O–H groups in total. The van der Waals surface area contributed by atoms with E-state index in [2.05, 4.69) is 20.1 Å². The minimum atomic E-state index is -1.87. The predicted molar refractivity (Wildman–Crippen MR) is 89.7 cm³/mol. The zero-order valence-electron chi connectivity index (χ0n) is 13.9. The van der Waals surface area contributed by atoms with Crippen LogP contribution in [0.2, 0.25) is 0 Å². The molecule has 3 aromatic heterocycles. The molecule has 3 aromatic rings. The standard InChI is InChI=1S/C18H16FN5O2/c19-18(17-22-15(23-26-17)13-4-8-20-9-5-13)6-2-10-24(12-18)16(25)14-3-1-7-21-11-14/h1,3-5,7-9,11H,2,6,10,12H2. The van der Waals surface area contributed by atoms with Gasteiger partial charge in [-0.25, -0.2) is 4.39 Å². The summed E-state index contributed by atoms with van der Waals surface area (Å²) < 4.78 is 20.7. The van der Waals surface area contributed by atoms with E-state index in [4.69, 9.17) is 4.52 Å². The number of amides is 1. The van der Waals surface area contributed by atoms with Crippen LogP contribution in [0.3, 0.4) is 0 Å². The molecular formula is C18H16FN5O2. The Morgan fingerprint density at radius 2 is 2.04 bits per heavy atom. The topological polar surface area (TPSA) is 85.0 Å². The average molecular weight is 353 g/mol. The van der Waals surface area contributed by atoms with Gasteiger partial charge in [-0.05, 0) is 37.1 Å². The van der Waals surface area contributed by atoms with Crippen LogP contribution >= 0.6 is 0 Å². The van der Waals surface area contributed by atoms with Crippen LogP contribution < -0.4 is 0 Å². The van der Waals surface area contributed by atoms with Gasteiger partial charge in [0.15, 0.2) is 0 Å². The Hall–Kier alpha value is -3.16. The Morgan fingerprint density at radius 1 is 1.19 bits per heavy atom. The van der Waals surface area contributed by atoms with Crippen LogP contribution in [0.4, 0.5) is 4.39 Å². The van der Waals surface area contributed by atoms with E-state index in [1.165, 1.54) is 11.1 Å². The number of hydrogen-bond acceptors (Lipinski definition) is 6. The molecule has 132 valence electrons. The second kappa shape index (κ2) is 6.62. The maximum Gasteiger partial charge on any atom is 0.266 e. The van der Waals surface area contributed by atoms with Gasteiger partial charge in [0.25, 0.3) is 11.8 Å². The van der Waals surface area contributed by atoms with Crippen molar-refractivity contribution in [3.63, 3.8) is 0 Å². The normalized spacial score (nSPS) is 20.1. The summed E-state index contributed by atoms with van der Waals surface area (Å²) in [6.07, 6.45) is 7.00. The minimum Gasteiger partial charge on any atom is -0.335 e. The molecule has 0 aliphatic carbocycles. The van der Waals surface area contributed by atoms with Crippen molar-refractivity contribution < 1.29 is 13.7 Å². The molecule has 4 heterocycles. The molecule has 0 bridgehead atoms. The van der Waals surface area contributed by atoms with Gasteiger partial charge in [0, 0.05) is 36.9 Å². The van der Waals surface area contributed by atoms with Crippen LogP contribution in [0.15, 0.2) is 53.6 Å². The number of aromatic nitrogens is 4. The van der Waals surface area contributed by atoms with Crippen molar-refractivity contribution >= 4 is 5.91 Å². The number of carbonyl (C=O) groups excluding carboxylic acids is 1. The van der Waals surface area contributed by atoms with Gasteiger partial charge in [0.2, 0.25) is 11.5 Å². The summed E-state index contributed by atoms with van der Waals surface area (Å²) in [7, 11) is 0. The van der Waals surface area contributed by atoms with E-state index in [9.17, 15) is 4.79 Å². The van der Waals surface area contributed by atoms with Gasteiger partial charge >= 0.3 is 0 Å². The largest absolute Gasteiger partial charge is 0.335 e. The first-order valence-electron chi connectivity index (χ1n) is 8.28. The number of likely N-dealkylation sites (tertiary alicyclic amines) is 1. The number of halogens is 1. The zero-order valence-corrected chi connectivity index (χ0v) is 13.9. The van der Waals surface area contributed by atoms with Crippen LogP contribution in [0, 0.1) is 0 Å². The van der Waals surface area contributed by atoms with E-state index in [1.807, 2.05) is 0 Å². The fourth-order valence-corrected chi connectivity index (χ4v) is 3.05. The molecule has 0 saturated carbocycles. The van der Waals surface area contributed by atoms with E-state index in [1.54, 1.807) is 42.9 Å². The number of rotatable bonds is 3. The third kappa shape index (κ3) is 3.05. The smallest absolute Gasteiger partial charge is 0.266 e. The van der Waals surface area contributed by atoms with E-state index < -0.39 is 5.67 Å². The van der Waals surface area contributed by atoms with Gasteiger partial charge in [-0.15, -0.1) is 0 Å². The molecule has 1 aliphatic heterocycles. The van der Waals surface area contributed by atoms with Gasteiger partial charge in [0.05, 0.1) is 12.1 Å². The van der Waals surface area contributed by atoms with Crippen molar-refractivity contribution in [1.82, 2.24) is 25.0 Å². The predicted octanol–water partition coefficient (Wildman–Crippen LogP) is 2.63. The Kier molecular flexibility index (Phi) is 4.16. The quantitative estimate of drug-likeness (QED) is 0.720. The molecule has 0 radical (unpaired) electrons. The summed E-state index contributed by atoms with van der Waals surface area (Å²) in [5, 5.41) is 3.87. The number of nitrogens with zero attached hydrogens (tertiary/aromatic N) is 5. The van der Waals surface area contributed by atoms with E-state index >= 15 is 4.39 Å². The molecule has 1 atom stereocenters. The molecule has 26 heavy (non-hydrogen) atoms. The zero-order chi connectivity index (χ0) is 18.0. The van der Waals surface area contributed by atoms with Crippen molar-refractivity contribution in [2.75, 3.05) is 13.1 Å². The second-order valence-electron chi connectivity index (χ2n) is 6.20. The van der Waals surface area contributed by atoms with Crippen LogP contribution in [-0.2, 0) is 5.67 Å². The summed E-state index contributed by atoms with van der Waals surface area (Å²) in [6.45, 7) is 0.351. The molecule has 7 nitrogen and oxygen atoms in total. The maximum absolute atomic E-state index is 15.5. The fraction of sp³-hybridized carbons (Fsp3) is 0.278. The molecule has 1 aliphatic rings. The highest BCUT2D eigenvalue weighted by Crippen LogP contribution is 2.36. The third-order valence-corrected chi connectivity index (χ3v) is 4.39. The molecule has 8 heteroatoms. The van der Waals surface area contributed by atoms with Gasteiger partial charge < -0.3 is 9.42 Å².